The van der Waals surface area contributed by atoms with Crippen LogP contribution in [-0.4, -0.2) is 50.1 Å². The zero-order chi connectivity index (χ0) is 20.4. The topological polar surface area (TPSA) is 71.5 Å². The number of hydrogen-bond donors (Lipinski definition) is 1. The number of pyridine rings is 1. The highest BCUT2D eigenvalue weighted by Gasteiger charge is 2.32. The van der Waals surface area contributed by atoms with Crippen molar-refractivity contribution in [1.82, 2.24) is 9.29 Å². The lowest BCUT2D eigenvalue weighted by Gasteiger charge is -2.23. The van der Waals surface area contributed by atoms with Crippen molar-refractivity contribution in [2.24, 2.45) is 0 Å². The van der Waals surface area contributed by atoms with Crippen LogP contribution in [-0.2, 0) is 14.8 Å². The van der Waals surface area contributed by atoms with Gasteiger partial charge in [0.1, 0.15) is 0 Å². The van der Waals surface area contributed by atoms with E-state index in [1.54, 1.807) is 35.9 Å². The first kappa shape index (κ1) is 20.3. The number of rotatable bonds is 6. The third-order valence-corrected chi connectivity index (χ3v) is 7.95. The number of sulfonamides is 1. The summed E-state index contributed by atoms with van der Waals surface area (Å²) in [5, 5.41) is 5.12. The minimum Gasteiger partial charge on any atom is -0.379 e. The monoisotopic (exact) mass is 415 g/mol. The summed E-state index contributed by atoms with van der Waals surface area (Å²) >= 11 is 0. The molecule has 0 amide bonds. The van der Waals surface area contributed by atoms with Crippen molar-refractivity contribution in [2.45, 2.75) is 56.1 Å². The van der Waals surface area contributed by atoms with Crippen molar-refractivity contribution in [2.75, 3.05) is 25.5 Å². The zero-order valence-corrected chi connectivity index (χ0v) is 17.9. The highest BCUT2D eigenvalue weighted by molar-refractivity contribution is 7.89. The van der Waals surface area contributed by atoms with Crippen LogP contribution in [0.25, 0.3) is 10.8 Å². The number of methoxy groups -OCH3 is 1. The Bertz CT molecular complexity index is 1020. The van der Waals surface area contributed by atoms with Crippen LogP contribution in [0.1, 0.15) is 39.0 Å². The first-order valence-corrected chi connectivity index (χ1v) is 11.8. The molecule has 1 aliphatic heterocycles. The molecule has 4 rings (SSSR count). The molecule has 2 aliphatic rings. The van der Waals surface area contributed by atoms with Crippen LogP contribution in [0.4, 0.5) is 5.69 Å². The number of allylic oxidation sites excluding steroid dienone is 1. The molecule has 1 saturated heterocycles. The minimum atomic E-state index is -3.56. The molecule has 1 aromatic carbocycles. The Morgan fingerprint density at radius 3 is 2.93 bits per heavy atom. The summed E-state index contributed by atoms with van der Waals surface area (Å²) in [7, 11) is -1.82. The quantitative estimate of drug-likeness (QED) is 0.724. The van der Waals surface area contributed by atoms with Crippen LogP contribution in [0.5, 0.6) is 0 Å². The SMILES string of the molecule is CC/C=C1/CCN(S(=O)(=O)c2ccc(N[C@@H]3CCC[C@H]3OC)c3cnccc23)C1. The van der Waals surface area contributed by atoms with Crippen molar-refractivity contribution in [3.05, 3.63) is 42.2 Å². The van der Waals surface area contributed by atoms with Crippen LogP contribution in [0, 0.1) is 0 Å². The second kappa shape index (κ2) is 8.42. The summed E-state index contributed by atoms with van der Waals surface area (Å²) in [6.07, 6.45) is 10.7. The highest BCUT2D eigenvalue weighted by atomic mass is 32.2. The lowest BCUT2D eigenvalue weighted by atomic mass is 10.1. The number of anilines is 1. The first-order valence-electron chi connectivity index (χ1n) is 10.4. The van der Waals surface area contributed by atoms with Crippen molar-refractivity contribution in [1.29, 1.82) is 0 Å². The van der Waals surface area contributed by atoms with Gasteiger partial charge >= 0.3 is 0 Å². The molecule has 2 fully saturated rings. The fourth-order valence-electron chi connectivity index (χ4n) is 4.54. The molecule has 0 unspecified atom stereocenters. The number of nitrogens with one attached hydrogen (secondary N) is 1. The molecule has 2 heterocycles. The van der Waals surface area contributed by atoms with E-state index in [2.05, 4.69) is 23.3 Å². The average molecular weight is 416 g/mol. The van der Waals surface area contributed by atoms with Gasteiger partial charge in [0.15, 0.2) is 0 Å². The van der Waals surface area contributed by atoms with E-state index in [1.165, 1.54) is 5.57 Å². The lowest BCUT2D eigenvalue weighted by Crippen LogP contribution is -2.30. The molecule has 1 N–H and O–H groups in total. The normalized spacial score (nSPS) is 24.6. The molecule has 0 spiro atoms. The Hall–Kier alpha value is -1.96. The molecule has 7 heteroatoms. The summed E-state index contributed by atoms with van der Waals surface area (Å²) < 4.78 is 34.0. The van der Waals surface area contributed by atoms with Gasteiger partial charge in [0.2, 0.25) is 10.0 Å². The first-order chi connectivity index (χ1) is 14.0. The molecular formula is C22H29N3O3S. The smallest absolute Gasteiger partial charge is 0.243 e. The standard InChI is InChI=1S/C22H29N3O3S/c1-3-5-16-11-13-25(15-16)29(26,27)22-9-8-19(18-14-23-12-10-17(18)22)24-20-6-4-7-21(20)28-2/h5,8-10,12,14,20-21,24H,3-4,6-7,11,13,15H2,1-2H3/b16-5-/t20-,21-/m1/s1. The van der Waals surface area contributed by atoms with Gasteiger partial charge in [-0.3, -0.25) is 4.98 Å². The van der Waals surface area contributed by atoms with Crippen LogP contribution in [0.3, 0.4) is 0 Å². The van der Waals surface area contributed by atoms with Gasteiger partial charge in [0.05, 0.1) is 17.0 Å². The highest BCUT2D eigenvalue weighted by Crippen LogP contribution is 2.34. The number of hydrogen-bond acceptors (Lipinski definition) is 5. The summed E-state index contributed by atoms with van der Waals surface area (Å²) in [5.41, 5.74) is 2.11. The number of aromatic nitrogens is 1. The molecule has 0 bridgehead atoms. The summed E-state index contributed by atoms with van der Waals surface area (Å²) in [5.74, 6) is 0. The Labute approximate surface area is 173 Å². The number of benzene rings is 1. The maximum Gasteiger partial charge on any atom is 0.243 e. The van der Waals surface area contributed by atoms with E-state index in [9.17, 15) is 8.42 Å². The van der Waals surface area contributed by atoms with Gasteiger partial charge in [-0.1, -0.05) is 18.6 Å². The fraction of sp³-hybridized carbons (Fsp3) is 0.500. The van der Waals surface area contributed by atoms with Crippen molar-refractivity contribution in [3.8, 4) is 0 Å². The van der Waals surface area contributed by atoms with E-state index in [0.29, 0.717) is 23.4 Å². The Morgan fingerprint density at radius 1 is 1.28 bits per heavy atom. The molecule has 2 atom stereocenters. The predicted molar refractivity (Wildman–Crippen MR) is 116 cm³/mol. The summed E-state index contributed by atoms with van der Waals surface area (Å²) in [4.78, 5) is 4.61. The molecule has 2 aromatic rings. The molecule has 156 valence electrons. The van der Waals surface area contributed by atoms with Crippen LogP contribution in [0.2, 0.25) is 0 Å². The van der Waals surface area contributed by atoms with Gasteiger partial charge in [-0.25, -0.2) is 8.42 Å². The van der Waals surface area contributed by atoms with E-state index >= 15 is 0 Å². The third kappa shape index (κ3) is 3.91. The maximum absolute atomic E-state index is 13.4. The number of nitrogens with zero attached hydrogens (tertiary/aromatic N) is 2. The van der Waals surface area contributed by atoms with Gasteiger partial charge in [-0.15, -0.1) is 0 Å². The van der Waals surface area contributed by atoms with E-state index in [0.717, 1.165) is 43.2 Å². The van der Waals surface area contributed by atoms with E-state index in [-0.39, 0.29) is 12.1 Å². The molecule has 0 radical (unpaired) electrons. The van der Waals surface area contributed by atoms with Crippen molar-refractivity contribution < 1.29 is 13.2 Å². The Kier molecular flexibility index (Phi) is 5.90. The second-order valence-electron chi connectivity index (χ2n) is 7.85. The Morgan fingerprint density at radius 2 is 2.14 bits per heavy atom. The molecular weight excluding hydrogens is 386 g/mol. The Balaban J connectivity index is 1.69. The zero-order valence-electron chi connectivity index (χ0n) is 17.1. The fourth-order valence-corrected chi connectivity index (χ4v) is 6.18. The maximum atomic E-state index is 13.4. The van der Waals surface area contributed by atoms with Crippen molar-refractivity contribution in [3.63, 3.8) is 0 Å². The molecule has 6 nitrogen and oxygen atoms in total. The van der Waals surface area contributed by atoms with E-state index in [4.69, 9.17) is 4.74 Å². The minimum absolute atomic E-state index is 0.179. The average Bonchev–Trinajstić information content (AvgIpc) is 3.38. The van der Waals surface area contributed by atoms with Gasteiger partial charge in [-0.05, 0) is 50.3 Å². The van der Waals surface area contributed by atoms with Gasteiger partial charge in [0.25, 0.3) is 0 Å². The third-order valence-electron chi connectivity index (χ3n) is 6.05. The molecule has 1 aromatic heterocycles. The summed E-state index contributed by atoms with van der Waals surface area (Å²) in [6, 6.07) is 5.64. The summed E-state index contributed by atoms with van der Waals surface area (Å²) in [6.45, 7) is 3.10. The van der Waals surface area contributed by atoms with Crippen LogP contribution in [0.15, 0.2) is 47.1 Å². The van der Waals surface area contributed by atoms with Crippen LogP contribution >= 0.6 is 0 Å². The lowest BCUT2D eigenvalue weighted by molar-refractivity contribution is 0.101. The molecule has 29 heavy (non-hydrogen) atoms. The van der Waals surface area contributed by atoms with Gasteiger partial charge in [-0.2, -0.15) is 4.31 Å². The largest absolute Gasteiger partial charge is 0.379 e. The van der Waals surface area contributed by atoms with E-state index in [1.807, 2.05) is 6.07 Å². The number of ether oxygens (including phenoxy) is 1. The van der Waals surface area contributed by atoms with Gasteiger partial charge in [0, 0.05) is 49.1 Å². The number of fused-ring (bicyclic) bond motifs is 1. The van der Waals surface area contributed by atoms with Crippen molar-refractivity contribution >= 4 is 26.5 Å². The van der Waals surface area contributed by atoms with E-state index < -0.39 is 10.0 Å². The predicted octanol–water partition coefficient (Wildman–Crippen LogP) is 3.95. The molecule has 1 saturated carbocycles. The van der Waals surface area contributed by atoms with Gasteiger partial charge < -0.3 is 10.1 Å². The van der Waals surface area contributed by atoms with Crippen LogP contribution < -0.4 is 5.32 Å². The molecule has 1 aliphatic carbocycles. The second-order valence-corrected chi connectivity index (χ2v) is 9.75.